The second-order valence-corrected chi connectivity index (χ2v) is 12.1. The number of fused-ring (bicyclic) bond motifs is 3. The van der Waals surface area contributed by atoms with Crippen LogP contribution in [-0.2, 0) is 0 Å². The van der Waals surface area contributed by atoms with Crippen molar-refractivity contribution in [3.05, 3.63) is 186 Å². The van der Waals surface area contributed by atoms with Crippen LogP contribution in [0.5, 0.6) is 17.2 Å². The maximum atomic E-state index is 10.7. The summed E-state index contributed by atoms with van der Waals surface area (Å²) in [5, 5.41) is 24.2. The quantitative estimate of drug-likeness (QED) is 0.162. The van der Waals surface area contributed by atoms with Crippen molar-refractivity contribution in [2.45, 2.75) is 6.92 Å². The number of hydrogen-bond acceptors (Lipinski definition) is 7. The summed E-state index contributed by atoms with van der Waals surface area (Å²) in [6, 6.07) is 42.0. The number of carbonyl (C=O) groups is 2. The van der Waals surface area contributed by atoms with Crippen LogP contribution in [-0.4, -0.2) is 46.7 Å². The van der Waals surface area contributed by atoms with Gasteiger partial charge in [-0.15, -0.1) is 0 Å². The van der Waals surface area contributed by atoms with Crippen LogP contribution in [0.15, 0.2) is 158 Å². The number of carboxylic acid groups (broad SMARTS) is 1. The molecule has 2 heterocycles. The second-order valence-electron chi connectivity index (χ2n) is 12.1. The van der Waals surface area contributed by atoms with Gasteiger partial charge in [-0.25, -0.2) is 4.79 Å². The van der Waals surface area contributed by atoms with Crippen molar-refractivity contribution >= 4 is 56.7 Å². The van der Waals surface area contributed by atoms with Crippen molar-refractivity contribution in [1.29, 1.82) is 0 Å². The number of methoxy groups -OCH3 is 2. The Labute approximate surface area is 319 Å². The van der Waals surface area contributed by atoms with Crippen molar-refractivity contribution in [3.63, 3.8) is 0 Å². The molecule has 2 aromatic heterocycles. The number of carboxylic acids is 1. The number of benzene rings is 6. The van der Waals surface area contributed by atoms with Gasteiger partial charge in [-0.3, -0.25) is 14.8 Å². The van der Waals surface area contributed by atoms with Crippen molar-refractivity contribution in [2.24, 2.45) is 0 Å². The monoisotopic (exact) mass is 728 g/mol. The highest BCUT2D eigenvalue weighted by atomic mass is 16.5. The van der Waals surface area contributed by atoms with Gasteiger partial charge >= 0.3 is 5.97 Å². The molecule has 0 bridgehead atoms. The molecule has 0 atom stereocenters. The number of aldehydes is 1. The first kappa shape index (κ1) is 38.9. The zero-order valence-corrected chi connectivity index (χ0v) is 30.7. The average Bonchev–Trinajstić information content (AvgIpc) is 3.23. The summed E-state index contributed by atoms with van der Waals surface area (Å²) in [5.74, 6) is 0.273. The Morgan fingerprint density at radius 1 is 0.564 bits per heavy atom. The van der Waals surface area contributed by atoms with E-state index in [1.165, 1.54) is 17.0 Å². The molecule has 2 N–H and O–H groups in total. The van der Waals surface area contributed by atoms with Crippen molar-refractivity contribution in [2.75, 3.05) is 14.2 Å². The Balaban J connectivity index is 0.000000148. The number of aromatic hydroxyl groups is 1. The minimum absolute atomic E-state index is 0.0660. The molecule has 0 aliphatic rings. The van der Waals surface area contributed by atoms with Crippen LogP contribution < -0.4 is 9.47 Å². The number of hydrogen-bond donors (Lipinski definition) is 2. The van der Waals surface area contributed by atoms with E-state index in [0.29, 0.717) is 16.7 Å². The van der Waals surface area contributed by atoms with Crippen molar-refractivity contribution in [3.8, 4) is 17.2 Å². The Bertz CT molecular complexity index is 2540. The molecule has 55 heavy (non-hydrogen) atoms. The van der Waals surface area contributed by atoms with Gasteiger partial charge in [-0.1, -0.05) is 109 Å². The lowest BCUT2D eigenvalue weighted by Gasteiger charge is -2.09. The zero-order chi connectivity index (χ0) is 39.0. The number of carbonyl (C=O) groups excluding carboxylic acids is 1. The molecule has 274 valence electrons. The number of ether oxygens (including phenoxy) is 2. The molecule has 0 spiro atoms. The average molecular weight is 729 g/mol. The SMILES string of the molecule is COc1c(/C=C/c2ccncc2)ccc2ccccc12.COc1c(C=O)ccc2ccccc12.Cc1ccncc1.O=C(O)c1ccc2ccccc2c1O. The Morgan fingerprint density at radius 2 is 1.02 bits per heavy atom. The van der Waals surface area contributed by atoms with E-state index >= 15 is 0 Å². The van der Waals surface area contributed by atoms with Gasteiger partial charge in [-0.05, 0) is 70.6 Å². The van der Waals surface area contributed by atoms with Gasteiger partial charge in [-0.2, -0.15) is 0 Å². The largest absolute Gasteiger partial charge is 0.506 e. The minimum atomic E-state index is -1.12. The molecular formula is C47H40N2O6. The summed E-state index contributed by atoms with van der Waals surface area (Å²) in [6.07, 6.45) is 12.1. The normalized spacial score (nSPS) is 10.3. The Morgan fingerprint density at radius 3 is 1.51 bits per heavy atom. The van der Waals surface area contributed by atoms with Gasteiger partial charge in [0.2, 0.25) is 0 Å². The number of aromatic carboxylic acids is 1. The van der Waals surface area contributed by atoms with Gasteiger partial charge in [0.1, 0.15) is 22.8 Å². The van der Waals surface area contributed by atoms with Crippen molar-refractivity contribution < 1.29 is 29.3 Å². The number of aryl methyl sites for hydroxylation is 1. The van der Waals surface area contributed by atoms with E-state index in [-0.39, 0.29) is 11.3 Å². The van der Waals surface area contributed by atoms with E-state index in [4.69, 9.17) is 14.6 Å². The second kappa shape index (κ2) is 19.5. The number of phenols is 1. The summed E-state index contributed by atoms with van der Waals surface area (Å²) in [4.78, 5) is 29.3. The van der Waals surface area contributed by atoms with Crippen LogP contribution in [0.3, 0.4) is 0 Å². The molecule has 8 rings (SSSR count). The molecule has 0 aliphatic heterocycles. The molecule has 0 saturated carbocycles. The molecule has 0 radical (unpaired) electrons. The number of nitrogens with zero attached hydrogens (tertiary/aromatic N) is 2. The van der Waals surface area contributed by atoms with E-state index in [2.05, 4.69) is 46.4 Å². The fraction of sp³-hybridized carbons (Fsp3) is 0.0638. The van der Waals surface area contributed by atoms with Gasteiger partial charge in [0.05, 0.1) is 19.8 Å². The van der Waals surface area contributed by atoms with Crippen LogP contribution in [0.1, 0.15) is 37.4 Å². The van der Waals surface area contributed by atoms with E-state index in [1.807, 2.05) is 85.8 Å². The lowest BCUT2D eigenvalue weighted by atomic mass is 10.0. The first-order valence-electron chi connectivity index (χ1n) is 17.3. The summed E-state index contributed by atoms with van der Waals surface area (Å²) in [5.41, 5.74) is 3.98. The predicted molar refractivity (Wildman–Crippen MR) is 221 cm³/mol. The summed E-state index contributed by atoms with van der Waals surface area (Å²) < 4.78 is 10.8. The topological polar surface area (TPSA) is 119 Å². The molecule has 6 aromatic carbocycles. The maximum Gasteiger partial charge on any atom is 0.339 e. The fourth-order valence-electron chi connectivity index (χ4n) is 5.71. The van der Waals surface area contributed by atoms with E-state index in [9.17, 15) is 14.7 Å². The van der Waals surface area contributed by atoms with E-state index in [0.717, 1.165) is 44.7 Å². The Kier molecular flexibility index (Phi) is 13.8. The number of aromatic nitrogens is 2. The molecule has 0 saturated heterocycles. The molecule has 8 heteroatoms. The zero-order valence-electron chi connectivity index (χ0n) is 30.7. The third kappa shape index (κ3) is 10.2. The number of rotatable bonds is 6. The predicted octanol–water partition coefficient (Wildman–Crippen LogP) is 10.7. The van der Waals surface area contributed by atoms with Crippen LogP contribution in [0.2, 0.25) is 0 Å². The molecule has 0 amide bonds. The third-order valence-electron chi connectivity index (χ3n) is 8.49. The highest BCUT2D eigenvalue weighted by Gasteiger charge is 2.11. The first-order chi connectivity index (χ1) is 26.8. The van der Waals surface area contributed by atoms with Gasteiger partial charge in [0.25, 0.3) is 0 Å². The van der Waals surface area contributed by atoms with Crippen LogP contribution in [0.4, 0.5) is 0 Å². The van der Waals surface area contributed by atoms with E-state index < -0.39 is 5.97 Å². The Hall–Kier alpha value is -7.32. The van der Waals surface area contributed by atoms with Crippen LogP contribution in [0.25, 0.3) is 44.5 Å². The van der Waals surface area contributed by atoms with Gasteiger partial charge in [0, 0.05) is 46.5 Å². The van der Waals surface area contributed by atoms with Gasteiger partial charge in [0.15, 0.2) is 6.29 Å². The molecule has 0 unspecified atom stereocenters. The smallest absolute Gasteiger partial charge is 0.339 e. The van der Waals surface area contributed by atoms with Crippen LogP contribution >= 0.6 is 0 Å². The minimum Gasteiger partial charge on any atom is -0.506 e. The maximum absolute atomic E-state index is 10.7. The highest BCUT2D eigenvalue weighted by molar-refractivity contribution is 6.00. The lowest BCUT2D eigenvalue weighted by Crippen LogP contribution is -1.96. The highest BCUT2D eigenvalue weighted by Crippen LogP contribution is 2.31. The molecule has 0 aliphatic carbocycles. The molecular weight excluding hydrogens is 689 g/mol. The summed E-state index contributed by atoms with van der Waals surface area (Å²) in [7, 11) is 3.29. The van der Waals surface area contributed by atoms with Gasteiger partial charge < -0.3 is 19.7 Å². The summed E-state index contributed by atoms with van der Waals surface area (Å²) >= 11 is 0. The standard InChI is InChI=1S/C18H15NO.C12H10O2.C11H8O3.C6H7N/c1-20-18-16(7-6-14-10-12-19-13-11-14)9-8-15-4-2-3-5-17(15)18;1-14-12-10(8-13)7-6-9-4-2-3-5-11(9)12;12-10-8-4-2-1-3-7(8)5-6-9(10)11(13)14;1-6-2-4-7-5-3-6/h2-13H,1H3;2-8H,1H3;1-6,12H,(H,13,14);2-5H,1H3/b7-6+;;;. The molecule has 0 fully saturated rings. The van der Waals surface area contributed by atoms with E-state index in [1.54, 1.807) is 63.3 Å². The summed E-state index contributed by atoms with van der Waals surface area (Å²) in [6.45, 7) is 2.04. The number of pyridine rings is 2. The molecule has 8 nitrogen and oxygen atoms in total. The fourth-order valence-corrected chi connectivity index (χ4v) is 5.71. The van der Waals surface area contributed by atoms with Crippen LogP contribution in [0, 0.1) is 6.92 Å². The lowest BCUT2D eigenvalue weighted by molar-refractivity contribution is 0.0694. The van der Waals surface area contributed by atoms with Crippen molar-refractivity contribution in [1.82, 2.24) is 9.97 Å². The third-order valence-corrected chi connectivity index (χ3v) is 8.49. The first-order valence-corrected chi connectivity index (χ1v) is 17.3. The molecule has 8 aromatic rings.